The third-order valence-corrected chi connectivity index (χ3v) is 1.89. The Hall–Kier alpha value is -1.31. The van der Waals surface area contributed by atoms with Crippen molar-refractivity contribution in [2.45, 2.75) is 26.9 Å². The van der Waals surface area contributed by atoms with E-state index in [9.17, 15) is 4.79 Å². The third-order valence-electron chi connectivity index (χ3n) is 1.89. The van der Waals surface area contributed by atoms with E-state index in [4.69, 9.17) is 4.74 Å². The van der Waals surface area contributed by atoms with Gasteiger partial charge < -0.3 is 4.74 Å². The number of rotatable bonds is 3. The molecule has 0 bridgehead atoms. The van der Waals surface area contributed by atoms with Gasteiger partial charge >= 0.3 is 0 Å². The molecule has 75 valence electrons. The lowest BCUT2D eigenvalue weighted by Gasteiger charge is -2.25. The maximum Gasteiger partial charge on any atom is 0.243 e. The van der Waals surface area contributed by atoms with Crippen LogP contribution in [0.3, 0.4) is 0 Å². The van der Waals surface area contributed by atoms with Gasteiger partial charge in [-0.3, -0.25) is 4.79 Å². The minimum atomic E-state index is -0.523. The molecule has 1 atom stereocenters. The lowest BCUT2D eigenvalue weighted by molar-refractivity contribution is 0.141. The van der Waals surface area contributed by atoms with Crippen LogP contribution >= 0.6 is 0 Å². The Kier molecular flexibility index (Phi) is 3.28. The van der Waals surface area contributed by atoms with E-state index in [1.54, 1.807) is 0 Å². The van der Waals surface area contributed by atoms with Crippen molar-refractivity contribution in [3.8, 4) is 5.75 Å². The highest BCUT2D eigenvalue weighted by Gasteiger charge is 2.26. The van der Waals surface area contributed by atoms with E-state index in [0.717, 1.165) is 0 Å². The van der Waals surface area contributed by atoms with Crippen molar-refractivity contribution in [1.82, 2.24) is 0 Å². The van der Waals surface area contributed by atoms with Gasteiger partial charge in [-0.1, -0.05) is 39.0 Å². The summed E-state index contributed by atoms with van der Waals surface area (Å²) in [5.41, 5.74) is -0.225. The normalized spacial score (nSPS) is 13.4. The summed E-state index contributed by atoms with van der Waals surface area (Å²) in [5, 5.41) is 0. The van der Waals surface area contributed by atoms with Gasteiger partial charge in [-0.15, -0.1) is 0 Å². The van der Waals surface area contributed by atoms with Crippen LogP contribution in [0.1, 0.15) is 20.8 Å². The Morgan fingerprint density at radius 2 is 1.79 bits per heavy atom. The van der Waals surface area contributed by atoms with Crippen LogP contribution in [0.15, 0.2) is 30.3 Å². The van der Waals surface area contributed by atoms with Gasteiger partial charge in [0.1, 0.15) is 5.75 Å². The monoisotopic (exact) mass is 191 g/mol. The average molecular weight is 191 g/mol. The molecule has 2 heteroatoms. The van der Waals surface area contributed by atoms with E-state index in [1.165, 1.54) is 0 Å². The Bertz CT molecular complexity index is 285. The lowest BCUT2D eigenvalue weighted by atomic mass is 9.90. The average Bonchev–Trinajstić information content (AvgIpc) is 2.14. The lowest BCUT2D eigenvalue weighted by Crippen LogP contribution is -2.33. The molecule has 0 fully saturated rings. The second-order valence-corrected chi connectivity index (χ2v) is 4.29. The fraction of sp³-hybridized carbons (Fsp3) is 0.417. The quantitative estimate of drug-likeness (QED) is 0.734. The zero-order chi connectivity index (χ0) is 10.6. The van der Waals surface area contributed by atoms with E-state index in [0.29, 0.717) is 5.75 Å². The van der Waals surface area contributed by atoms with Crippen LogP contribution in [0, 0.1) is 5.41 Å². The Morgan fingerprint density at radius 3 is 2.21 bits per heavy atom. The summed E-state index contributed by atoms with van der Waals surface area (Å²) in [7, 11) is 0. The van der Waals surface area contributed by atoms with Gasteiger partial charge in [0.15, 0.2) is 6.10 Å². The van der Waals surface area contributed by atoms with Gasteiger partial charge in [-0.05, 0) is 12.1 Å². The molecule has 0 N–H and O–H groups in total. The molecule has 1 aromatic rings. The number of benzene rings is 1. The van der Waals surface area contributed by atoms with Gasteiger partial charge in [0.05, 0.1) is 0 Å². The molecule has 14 heavy (non-hydrogen) atoms. The Morgan fingerprint density at radius 1 is 1.21 bits per heavy atom. The molecular weight excluding hydrogens is 176 g/mol. The molecule has 0 aliphatic carbocycles. The first kappa shape index (κ1) is 10.8. The molecule has 0 saturated heterocycles. The molecular formula is C12H15O2. The molecule has 0 aliphatic heterocycles. The van der Waals surface area contributed by atoms with Gasteiger partial charge in [0.25, 0.3) is 0 Å². The predicted octanol–water partition coefficient (Wildman–Crippen LogP) is 2.59. The van der Waals surface area contributed by atoms with Gasteiger partial charge in [0, 0.05) is 5.41 Å². The molecule has 1 radical (unpaired) electrons. The Labute approximate surface area is 84.9 Å². The van der Waals surface area contributed by atoms with E-state index < -0.39 is 6.10 Å². The van der Waals surface area contributed by atoms with Crippen molar-refractivity contribution >= 4 is 6.29 Å². The van der Waals surface area contributed by atoms with Crippen LogP contribution in [0.2, 0.25) is 0 Å². The van der Waals surface area contributed by atoms with Crippen molar-refractivity contribution < 1.29 is 9.53 Å². The van der Waals surface area contributed by atoms with Crippen molar-refractivity contribution in [3.63, 3.8) is 0 Å². The molecule has 0 amide bonds. The molecule has 0 spiro atoms. The maximum atomic E-state index is 10.7. The molecule has 1 unspecified atom stereocenters. The van der Waals surface area contributed by atoms with Crippen molar-refractivity contribution in [1.29, 1.82) is 0 Å². The summed E-state index contributed by atoms with van der Waals surface area (Å²) in [4.78, 5) is 10.7. The number of hydrogen-bond acceptors (Lipinski definition) is 2. The predicted molar refractivity (Wildman–Crippen MR) is 56.0 cm³/mol. The SMILES string of the molecule is CC(C)(C)C([C]=O)Oc1ccccc1. The molecule has 0 saturated carbocycles. The number of hydrogen-bond donors (Lipinski definition) is 0. The van der Waals surface area contributed by atoms with Crippen LogP contribution in [-0.4, -0.2) is 12.4 Å². The number of carbonyl (C=O) groups excluding carboxylic acids is 1. The van der Waals surface area contributed by atoms with Crippen molar-refractivity contribution in [2.24, 2.45) is 5.41 Å². The maximum absolute atomic E-state index is 10.7. The third kappa shape index (κ3) is 2.87. The molecule has 1 aromatic carbocycles. The van der Waals surface area contributed by atoms with Crippen molar-refractivity contribution in [3.05, 3.63) is 30.3 Å². The first-order chi connectivity index (χ1) is 6.54. The molecule has 2 nitrogen and oxygen atoms in total. The van der Waals surface area contributed by atoms with Crippen LogP contribution in [0.4, 0.5) is 0 Å². The summed E-state index contributed by atoms with van der Waals surface area (Å²) in [6.07, 6.45) is 1.40. The highest BCUT2D eigenvalue weighted by molar-refractivity contribution is 5.59. The minimum absolute atomic E-state index is 0.225. The fourth-order valence-corrected chi connectivity index (χ4v) is 1.01. The highest BCUT2D eigenvalue weighted by atomic mass is 16.5. The summed E-state index contributed by atoms with van der Waals surface area (Å²) < 4.78 is 5.50. The minimum Gasteiger partial charge on any atom is -0.482 e. The summed E-state index contributed by atoms with van der Waals surface area (Å²) >= 11 is 0. The number of para-hydroxylation sites is 1. The van der Waals surface area contributed by atoms with Crippen LogP contribution < -0.4 is 4.74 Å². The molecule has 0 aliphatic rings. The fourth-order valence-electron chi connectivity index (χ4n) is 1.01. The summed E-state index contributed by atoms with van der Waals surface area (Å²) in [5.74, 6) is 0.704. The topological polar surface area (TPSA) is 26.3 Å². The van der Waals surface area contributed by atoms with E-state index in [2.05, 4.69) is 0 Å². The molecule has 0 heterocycles. The smallest absolute Gasteiger partial charge is 0.243 e. The van der Waals surface area contributed by atoms with Crippen LogP contribution in [0.5, 0.6) is 5.75 Å². The molecule has 1 rings (SSSR count). The zero-order valence-electron chi connectivity index (χ0n) is 8.78. The van der Waals surface area contributed by atoms with Gasteiger partial charge in [-0.2, -0.15) is 0 Å². The second kappa shape index (κ2) is 4.27. The first-order valence-electron chi connectivity index (χ1n) is 4.63. The van der Waals surface area contributed by atoms with E-state index in [1.807, 2.05) is 57.4 Å². The van der Waals surface area contributed by atoms with Crippen LogP contribution in [0.25, 0.3) is 0 Å². The summed E-state index contributed by atoms with van der Waals surface area (Å²) in [6.45, 7) is 5.85. The highest BCUT2D eigenvalue weighted by Crippen LogP contribution is 2.23. The van der Waals surface area contributed by atoms with E-state index >= 15 is 0 Å². The first-order valence-corrected chi connectivity index (χ1v) is 4.63. The zero-order valence-corrected chi connectivity index (χ0v) is 8.78. The van der Waals surface area contributed by atoms with E-state index in [-0.39, 0.29) is 5.41 Å². The van der Waals surface area contributed by atoms with Gasteiger partial charge in [-0.25, -0.2) is 0 Å². The Balaban J connectivity index is 2.72. The van der Waals surface area contributed by atoms with Crippen LogP contribution in [-0.2, 0) is 4.79 Å². The molecule has 0 aromatic heterocycles. The van der Waals surface area contributed by atoms with Crippen molar-refractivity contribution in [2.75, 3.05) is 0 Å². The van der Waals surface area contributed by atoms with Gasteiger partial charge in [0.2, 0.25) is 6.29 Å². The number of ether oxygens (including phenoxy) is 1. The second-order valence-electron chi connectivity index (χ2n) is 4.29. The standard InChI is InChI=1S/C12H15O2/c1-12(2,3)11(9-13)14-10-7-5-4-6-8-10/h4-8,11H,1-3H3. The summed E-state index contributed by atoms with van der Waals surface area (Å²) in [6, 6.07) is 9.31. The largest absolute Gasteiger partial charge is 0.482 e.